The fourth-order valence-corrected chi connectivity index (χ4v) is 1.37. The Bertz CT molecular complexity index is 405. The molecule has 0 aliphatic carbocycles. The molecule has 3 nitrogen and oxygen atoms in total. The van der Waals surface area contributed by atoms with E-state index in [1.54, 1.807) is 12.1 Å². The second-order valence-corrected chi connectivity index (χ2v) is 5.54. The van der Waals surface area contributed by atoms with Crippen molar-refractivity contribution in [2.75, 3.05) is 12.3 Å². The summed E-state index contributed by atoms with van der Waals surface area (Å²) in [7, 11) is 0. The van der Waals surface area contributed by atoms with Crippen LogP contribution < -0.4 is 5.73 Å². The Hall–Kier alpha value is -1.51. The summed E-state index contributed by atoms with van der Waals surface area (Å²) in [6.45, 7) is 8.69. The molecule has 0 aromatic heterocycles. The first kappa shape index (κ1) is 13.6. The van der Waals surface area contributed by atoms with Crippen molar-refractivity contribution in [3.63, 3.8) is 0 Å². The lowest BCUT2D eigenvalue weighted by molar-refractivity contribution is 0.0466. The zero-order chi connectivity index (χ0) is 13.1. The van der Waals surface area contributed by atoms with E-state index in [0.717, 1.165) is 12.0 Å². The summed E-state index contributed by atoms with van der Waals surface area (Å²) in [6, 6.07) is 5.37. The molecular formula is C14H21NO2. The molecule has 0 aliphatic heterocycles. The second-order valence-electron chi connectivity index (χ2n) is 5.54. The molecule has 0 atom stereocenters. The van der Waals surface area contributed by atoms with E-state index in [-0.39, 0.29) is 11.4 Å². The molecule has 3 heteroatoms. The van der Waals surface area contributed by atoms with Crippen LogP contribution in [0.2, 0.25) is 0 Å². The molecule has 1 rings (SSSR count). The Labute approximate surface area is 103 Å². The topological polar surface area (TPSA) is 52.3 Å². The van der Waals surface area contributed by atoms with Gasteiger partial charge in [0.05, 0.1) is 12.2 Å². The van der Waals surface area contributed by atoms with Crippen molar-refractivity contribution in [3.8, 4) is 0 Å². The van der Waals surface area contributed by atoms with Crippen molar-refractivity contribution in [2.45, 2.75) is 34.1 Å². The number of rotatable bonds is 3. The van der Waals surface area contributed by atoms with Crippen LogP contribution in [0.4, 0.5) is 5.69 Å². The van der Waals surface area contributed by atoms with Crippen LogP contribution in [0.15, 0.2) is 18.2 Å². The van der Waals surface area contributed by atoms with Gasteiger partial charge in [0.2, 0.25) is 0 Å². The molecule has 1 aromatic carbocycles. The lowest BCUT2D eigenvalue weighted by atomic mass is 9.93. The highest BCUT2D eigenvalue weighted by atomic mass is 16.5. The van der Waals surface area contributed by atoms with Crippen molar-refractivity contribution in [3.05, 3.63) is 29.3 Å². The number of aryl methyl sites for hydroxylation is 1. The Morgan fingerprint density at radius 3 is 2.59 bits per heavy atom. The lowest BCUT2D eigenvalue weighted by Crippen LogP contribution is -2.14. The van der Waals surface area contributed by atoms with Crippen LogP contribution in [0.25, 0.3) is 0 Å². The largest absolute Gasteiger partial charge is 0.462 e. The lowest BCUT2D eigenvalue weighted by Gasteiger charge is -2.17. The molecule has 0 unspecified atom stereocenters. The molecule has 0 saturated carbocycles. The molecule has 0 fully saturated rings. The van der Waals surface area contributed by atoms with Crippen LogP contribution in [0, 0.1) is 12.3 Å². The quantitative estimate of drug-likeness (QED) is 0.646. The summed E-state index contributed by atoms with van der Waals surface area (Å²) in [5.74, 6) is -0.338. The maximum atomic E-state index is 11.8. The third-order valence-electron chi connectivity index (χ3n) is 2.51. The van der Waals surface area contributed by atoms with Crippen molar-refractivity contribution < 1.29 is 9.53 Å². The zero-order valence-corrected chi connectivity index (χ0v) is 11.0. The van der Waals surface area contributed by atoms with Crippen LogP contribution in [-0.2, 0) is 4.74 Å². The van der Waals surface area contributed by atoms with Gasteiger partial charge in [-0.05, 0) is 30.9 Å². The Kier molecular flexibility index (Phi) is 4.16. The van der Waals surface area contributed by atoms with Crippen molar-refractivity contribution in [1.82, 2.24) is 0 Å². The molecule has 0 radical (unpaired) electrons. The fraction of sp³-hybridized carbons (Fsp3) is 0.500. The minimum atomic E-state index is -0.338. The third-order valence-corrected chi connectivity index (χ3v) is 2.51. The van der Waals surface area contributed by atoms with Gasteiger partial charge in [0.1, 0.15) is 0 Å². The third kappa shape index (κ3) is 4.47. The van der Waals surface area contributed by atoms with E-state index in [9.17, 15) is 4.79 Å². The minimum Gasteiger partial charge on any atom is -0.462 e. The summed E-state index contributed by atoms with van der Waals surface area (Å²) >= 11 is 0. The van der Waals surface area contributed by atoms with Crippen LogP contribution in [0.1, 0.15) is 43.1 Å². The Morgan fingerprint density at radius 1 is 1.35 bits per heavy atom. The van der Waals surface area contributed by atoms with Gasteiger partial charge < -0.3 is 10.5 Å². The summed E-state index contributed by atoms with van der Waals surface area (Å²) in [6.07, 6.45) is 0.838. The number of hydrogen-bond acceptors (Lipinski definition) is 3. The van der Waals surface area contributed by atoms with E-state index < -0.39 is 0 Å². The number of carbonyl (C=O) groups excluding carboxylic acids is 1. The number of anilines is 1. The van der Waals surface area contributed by atoms with Gasteiger partial charge in [0.15, 0.2) is 0 Å². The van der Waals surface area contributed by atoms with Gasteiger partial charge in [-0.3, -0.25) is 0 Å². The van der Waals surface area contributed by atoms with E-state index >= 15 is 0 Å². The number of esters is 1. The molecule has 17 heavy (non-hydrogen) atoms. The number of carbonyl (C=O) groups is 1. The summed E-state index contributed by atoms with van der Waals surface area (Å²) in [5.41, 5.74) is 7.84. The second kappa shape index (κ2) is 5.21. The SMILES string of the molecule is Cc1ccc(N)c(C(=O)OCCC(C)(C)C)c1. The van der Waals surface area contributed by atoms with Gasteiger partial charge in [0, 0.05) is 5.69 Å². The number of hydrogen-bond donors (Lipinski definition) is 1. The average molecular weight is 235 g/mol. The number of nitrogens with two attached hydrogens (primary N) is 1. The van der Waals surface area contributed by atoms with Crippen LogP contribution in [0.3, 0.4) is 0 Å². The molecular weight excluding hydrogens is 214 g/mol. The predicted molar refractivity (Wildman–Crippen MR) is 69.9 cm³/mol. The normalized spacial score (nSPS) is 11.3. The molecule has 0 heterocycles. The van der Waals surface area contributed by atoms with Gasteiger partial charge >= 0.3 is 5.97 Å². The zero-order valence-electron chi connectivity index (χ0n) is 11.0. The van der Waals surface area contributed by atoms with E-state index in [2.05, 4.69) is 20.8 Å². The number of nitrogen functional groups attached to an aromatic ring is 1. The molecule has 94 valence electrons. The van der Waals surface area contributed by atoms with E-state index in [0.29, 0.717) is 17.9 Å². The maximum absolute atomic E-state index is 11.8. The standard InChI is InChI=1S/C14H21NO2/c1-10-5-6-12(15)11(9-10)13(16)17-8-7-14(2,3)4/h5-6,9H,7-8,15H2,1-4H3. The summed E-state index contributed by atoms with van der Waals surface area (Å²) < 4.78 is 5.22. The summed E-state index contributed by atoms with van der Waals surface area (Å²) in [5, 5.41) is 0. The van der Waals surface area contributed by atoms with Crippen LogP contribution in [-0.4, -0.2) is 12.6 Å². The first-order valence-electron chi connectivity index (χ1n) is 5.83. The molecule has 0 bridgehead atoms. The minimum absolute atomic E-state index is 0.165. The van der Waals surface area contributed by atoms with Gasteiger partial charge in [-0.1, -0.05) is 32.4 Å². The fourth-order valence-electron chi connectivity index (χ4n) is 1.37. The molecule has 0 amide bonds. The van der Waals surface area contributed by atoms with Gasteiger partial charge in [-0.25, -0.2) is 4.79 Å². The Balaban J connectivity index is 2.61. The summed E-state index contributed by atoms with van der Waals surface area (Å²) in [4.78, 5) is 11.8. The van der Waals surface area contributed by atoms with Crippen LogP contribution in [0.5, 0.6) is 0 Å². The molecule has 1 aromatic rings. The van der Waals surface area contributed by atoms with Crippen molar-refractivity contribution >= 4 is 11.7 Å². The molecule has 0 spiro atoms. The smallest absolute Gasteiger partial charge is 0.340 e. The predicted octanol–water partition coefficient (Wildman–Crippen LogP) is 3.17. The first-order valence-corrected chi connectivity index (χ1v) is 5.83. The number of ether oxygens (including phenoxy) is 1. The van der Waals surface area contributed by atoms with Gasteiger partial charge in [-0.2, -0.15) is 0 Å². The van der Waals surface area contributed by atoms with Crippen molar-refractivity contribution in [2.24, 2.45) is 5.41 Å². The Morgan fingerprint density at radius 2 is 2.00 bits per heavy atom. The van der Waals surface area contributed by atoms with E-state index in [4.69, 9.17) is 10.5 Å². The number of benzene rings is 1. The highest BCUT2D eigenvalue weighted by molar-refractivity contribution is 5.95. The highest BCUT2D eigenvalue weighted by Crippen LogP contribution is 2.19. The van der Waals surface area contributed by atoms with Gasteiger partial charge in [0.25, 0.3) is 0 Å². The monoisotopic (exact) mass is 235 g/mol. The van der Waals surface area contributed by atoms with Crippen LogP contribution >= 0.6 is 0 Å². The maximum Gasteiger partial charge on any atom is 0.340 e. The first-order chi connectivity index (χ1) is 7.79. The highest BCUT2D eigenvalue weighted by Gasteiger charge is 2.14. The van der Waals surface area contributed by atoms with Crippen molar-refractivity contribution in [1.29, 1.82) is 0 Å². The molecule has 0 saturated heterocycles. The van der Waals surface area contributed by atoms with E-state index in [1.165, 1.54) is 0 Å². The molecule has 2 N–H and O–H groups in total. The van der Waals surface area contributed by atoms with Gasteiger partial charge in [-0.15, -0.1) is 0 Å². The average Bonchev–Trinajstić information content (AvgIpc) is 2.19. The van der Waals surface area contributed by atoms with E-state index in [1.807, 2.05) is 13.0 Å². The molecule has 0 aliphatic rings.